The minimum atomic E-state index is -0.752. The van der Waals surface area contributed by atoms with E-state index < -0.39 is 30.0 Å². The van der Waals surface area contributed by atoms with Crippen LogP contribution in [-0.4, -0.2) is 112 Å². The lowest BCUT2D eigenvalue weighted by Crippen LogP contribution is -2.46. The third kappa shape index (κ3) is 57.5. The largest absolute Gasteiger partial charge is 0.387 e. The number of aliphatic hydroxyl groups is 1. The van der Waals surface area contributed by atoms with Gasteiger partial charge in [0, 0.05) is 53.2 Å². The fraction of sp³-hybridized carbons (Fsp3) is 0.561. The fourth-order valence-electron chi connectivity index (χ4n) is 6.73. The average Bonchev–Trinajstić information content (AvgIpc) is 3.41. The highest BCUT2D eigenvalue weighted by Crippen LogP contribution is 2.39. The topological polar surface area (TPSA) is 208 Å². The Labute approximate surface area is 513 Å². The summed E-state index contributed by atoms with van der Waals surface area (Å²) in [4.78, 5) is 60.4. The molecule has 0 aromatic rings. The second-order valence-corrected chi connectivity index (χ2v) is 27.9. The van der Waals surface area contributed by atoms with Crippen molar-refractivity contribution in [2.24, 2.45) is 17.2 Å². The minimum Gasteiger partial charge on any atom is -0.387 e. The van der Waals surface area contributed by atoms with Crippen molar-refractivity contribution >= 4 is 72.6 Å². The van der Waals surface area contributed by atoms with Crippen molar-refractivity contribution in [1.29, 1.82) is 0 Å². The molecule has 0 saturated heterocycles. The zero-order valence-corrected chi connectivity index (χ0v) is 54.9. The van der Waals surface area contributed by atoms with Gasteiger partial charge in [-0.05, 0) is 124 Å². The van der Waals surface area contributed by atoms with E-state index in [2.05, 4.69) is 152 Å². The number of quaternary nitrogens is 1. The van der Waals surface area contributed by atoms with E-state index in [4.69, 9.17) is 17.2 Å². The van der Waals surface area contributed by atoms with E-state index in [0.717, 1.165) is 77.0 Å². The summed E-state index contributed by atoms with van der Waals surface area (Å²) < 4.78 is 0.299. The zero-order chi connectivity index (χ0) is 61.6. The summed E-state index contributed by atoms with van der Waals surface area (Å²) in [5.41, 5.74) is 16.7. The number of Topliss-reactive ketones (excluding diaryl/α,β-unsaturated/α-hetero) is 1. The molecule has 0 bridgehead atoms. The van der Waals surface area contributed by atoms with Gasteiger partial charge in [-0.1, -0.05) is 203 Å². The number of nitrogens with one attached hydrogen (secondary N) is 2. The number of nitrogens with zero attached hydrogens (tertiary/aromatic N) is 1. The molecular formula is C66H109N6O6S4+. The maximum atomic E-state index is 12.4. The van der Waals surface area contributed by atoms with Gasteiger partial charge < -0.3 is 37.4 Å². The van der Waals surface area contributed by atoms with Gasteiger partial charge in [-0.25, -0.2) is 0 Å². The number of rotatable bonds is 48. The number of hydrogen-bond acceptors (Lipinski definition) is 11. The Kier molecular flexibility index (Phi) is 52.0. The van der Waals surface area contributed by atoms with E-state index in [1.54, 1.807) is 21.6 Å². The molecule has 9 N–H and O–H groups in total. The highest BCUT2D eigenvalue weighted by atomic mass is 33.1. The summed E-state index contributed by atoms with van der Waals surface area (Å²) in [5.74, 6) is -0.618. The molecule has 0 heterocycles. The molecule has 0 saturated carbocycles. The number of ketones is 1. The first kappa shape index (κ1) is 79.8. The highest BCUT2D eigenvalue weighted by Gasteiger charge is 2.26. The van der Waals surface area contributed by atoms with Gasteiger partial charge in [0.2, 0.25) is 23.6 Å². The monoisotopic (exact) mass is 1210 g/mol. The van der Waals surface area contributed by atoms with Crippen molar-refractivity contribution in [3.63, 3.8) is 0 Å². The molecule has 4 amide bonds. The van der Waals surface area contributed by atoms with Gasteiger partial charge in [-0.15, -0.1) is 0 Å². The molecule has 462 valence electrons. The summed E-state index contributed by atoms with van der Waals surface area (Å²) >= 11 is 0. The molecule has 82 heavy (non-hydrogen) atoms. The van der Waals surface area contributed by atoms with Crippen molar-refractivity contribution in [2.75, 3.05) is 45.7 Å². The molecule has 0 aromatic heterocycles. The van der Waals surface area contributed by atoms with Crippen LogP contribution in [0.2, 0.25) is 0 Å². The van der Waals surface area contributed by atoms with Gasteiger partial charge in [0.1, 0.15) is 30.5 Å². The maximum absolute atomic E-state index is 12.4. The number of allylic oxidation sites excluding steroid dienone is 24. The quantitative estimate of drug-likeness (QED) is 0.0192. The van der Waals surface area contributed by atoms with Gasteiger partial charge in [0.25, 0.3) is 0 Å². The maximum Gasteiger partial charge on any atom is 0.240 e. The van der Waals surface area contributed by atoms with Gasteiger partial charge in [0.05, 0.1) is 21.1 Å². The third-order valence-electron chi connectivity index (χ3n) is 11.4. The van der Waals surface area contributed by atoms with Crippen LogP contribution in [0.15, 0.2) is 146 Å². The van der Waals surface area contributed by atoms with Crippen molar-refractivity contribution in [3.05, 3.63) is 146 Å². The lowest BCUT2D eigenvalue weighted by atomic mass is 10.0. The molecule has 0 aliphatic heterocycles. The van der Waals surface area contributed by atoms with Gasteiger partial charge >= 0.3 is 0 Å². The van der Waals surface area contributed by atoms with Crippen LogP contribution >= 0.6 is 43.2 Å². The Bertz CT molecular complexity index is 2100. The highest BCUT2D eigenvalue weighted by molar-refractivity contribution is 8.77. The zero-order valence-electron chi connectivity index (χ0n) is 51.7. The number of primary amides is 2. The number of aliphatic hydroxyl groups excluding tert-OH is 1. The summed E-state index contributed by atoms with van der Waals surface area (Å²) in [5, 5.41) is 15.6. The first-order chi connectivity index (χ1) is 39.1. The smallest absolute Gasteiger partial charge is 0.240 e. The summed E-state index contributed by atoms with van der Waals surface area (Å²) in [6.45, 7) is 13.5. The molecule has 12 nitrogen and oxygen atoms in total. The minimum absolute atomic E-state index is 0.0498. The number of nitrogens with two attached hydrogens (primary N) is 3. The van der Waals surface area contributed by atoms with Crippen molar-refractivity contribution in [3.8, 4) is 0 Å². The SMILES string of the molecule is CC/C=C\C/C=C\C/C=C\C/C=C\C/C=C\C/C=C\CCC(=O)N[C@@H](CSSC(C)(C)CCC(=O)CC(O)C[N+](C)(C)C)C(N)=O.CC/C=C\C/C=C\C/C=C\C/C=C\C/C=C\C/C=C\CCC(=O)N[C@@H](CSSC(C)(C)CN)C(N)=O. The van der Waals surface area contributed by atoms with Crippen LogP contribution in [0.4, 0.5) is 0 Å². The molecule has 0 radical (unpaired) electrons. The Morgan fingerprint density at radius 2 is 0.768 bits per heavy atom. The molecule has 0 aliphatic rings. The predicted octanol–water partition coefficient (Wildman–Crippen LogP) is 14.0. The number of carbonyl (C=O) groups excluding carboxylic acids is 5. The first-order valence-corrected chi connectivity index (χ1v) is 34.0. The first-order valence-electron chi connectivity index (χ1n) is 29.4. The Balaban J connectivity index is 0. The molecule has 0 rings (SSSR count). The average molecular weight is 1210 g/mol. The van der Waals surface area contributed by atoms with E-state index in [-0.39, 0.29) is 39.9 Å². The van der Waals surface area contributed by atoms with Crippen molar-refractivity contribution < 1.29 is 33.6 Å². The van der Waals surface area contributed by atoms with Crippen LogP contribution in [0.1, 0.15) is 164 Å². The second kappa shape index (κ2) is 53.4. The molecule has 0 aliphatic carbocycles. The lowest BCUT2D eigenvalue weighted by molar-refractivity contribution is -0.873. The van der Waals surface area contributed by atoms with Gasteiger partial charge in [-0.2, -0.15) is 0 Å². The van der Waals surface area contributed by atoms with Crippen LogP contribution in [0, 0.1) is 0 Å². The lowest BCUT2D eigenvalue weighted by Gasteiger charge is -2.27. The molecule has 1 unspecified atom stereocenters. The normalized spacial score (nSPS) is 14.2. The second-order valence-electron chi connectivity index (χ2n) is 21.8. The van der Waals surface area contributed by atoms with Crippen LogP contribution in [0.3, 0.4) is 0 Å². The molecule has 0 aromatic carbocycles. The Morgan fingerprint density at radius 3 is 1.05 bits per heavy atom. The standard InChI is InChI=1S/C37H61N3O4S2.C29H47N3O2S2/c1-7-8-9-10-11-12-13-14-15-16-17-18-19-20-21-22-23-24-25-26-35(43)39-34(36(38)44)31-45-46-37(2,3)28-27-32(41)29-33(42)30-40(4,5)6;1-4-5-6-7-8-9-10-11-12-13-14-15-16-17-18-19-20-21-22-23-27(33)32-26(28(31)34)24-35-36-29(2,3)25-30/h8-9,11-12,14-15,17-18,20-21,23-24,33-34,42H,7,10,13,16,19,22,25-31H2,1-6H3,(H2-,38,39,43,44);5-6,8-9,11-12,14-15,17-18,20-21,26H,4,7,10,13,16,19,22-25,30H2,1-3H3,(H2,31,34)(H,32,33)/p+1/b9-8-,12-11-,15-14-,18-17-,21-20-,24-23-;6-5-,9-8-,12-11-,15-14-,18-17-,21-20-/t33?,34-;26-/m00/s1. The number of likely N-dealkylation sites (N-methyl/N-ethyl adjacent to an activating group) is 1. The predicted molar refractivity (Wildman–Crippen MR) is 362 cm³/mol. The van der Waals surface area contributed by atoms with Crippen LogP contribution in [0.25, 0.3) is 0 Å². The van der Waals surface area contributed by atoms with Crippen molar-refractivity contribution in [1.82, 2.24) is 10.6 Å². The van der Waals surface area contributed by atoms with Gasteiger partial charge in [0.15, 0.2) is 0 Å². The Hall–Kier alpha value is -4.29. The van der Waals surface area contributed by atoms with Crippen LogP contribution in [-0.2, 0) is 24.0 Å². The van der Waals surface area contributed by atoms with Crippen molar-refractivity contribution in [2.45, 2.75) is 191 Å². The van der Waals surface area contributed by atoms with E-state index in [1.165, 1.54) is 21.6 Å². The van der Waals surface area contributed by atoms with E-state index in [9.17, 15) is 29.1 Å². The van der Waals surface area contributed by atoms with Crippen LogP contribution < -0.4 is 27.8 Å². The fourth-order valence-corrected chi connectivity index (χ4v) is 12.1. The number of hydrogen-bond donors (Lipinski definition) is 6. The molecule has 3 atom stereocenters. The van der Waals surface area contributed by atoms with E-state index >= 15 is 0 Å². The molecule has 0 spiro atoms. The van der Waals surface area contributed by atoms with Gasteiger partial charge in [-0.3, -0.25) is 24.0 Å². The van der Waals surface area contributed by atoms with Crippen LogP contribution in [0.5, 0.6) is 0 Å². The summed E-state index contributed by atoms with van der Waals surface area (Å²) in [6.07, 6.45) is 65.5. The van der Waals surface area contributed by atoms with E-state index in [1.807, 2.05) is 67.1 Å². The molecule has 0 fully saturated rings. The van der Waals surface area contributed by atoms with E-state index in [0.29, 0.717) is 61.2 Å². The third-order valence-corrected chi connectivity index (χ3v) is 18.1. The Morgan fingerprint density at radius 1 is 0.476 bits per heavy atom. The summed E-state index contributed by atoms with van der Waals surface area (Å²) in [6, 6.07) is -1.42. The summed E-state index contributed by atoms with van der Waals surface area (Å²) in [7, 11) is 12.1. The number of amides is 4. The molecule has 16 heteroatoms. The number of carbonyl (C=O) groups is 5. The molecular weight excluding hydrogens is 1100 g/mol.